The van der Waals surface area contributed by atoms with Gasteiger partial charge >= 0.3 is 5.97 Å². The summed E-state index contributed by atoms with van der Waals surface area (Å²) in [6, 6.07) is 0. The van der Waals surface area contributed by atoms with Crippen LogP contribution in [0.4, 0.5) is 0 Å². The van der Waals surface area contributed by atoms with Crippen LogP contribution in [-0.4, -0.2) is 49.1 Å². The summed E-state index contributed by atoms with van der Waals surface area (Å²) in [5, 5.41) is 17.2. The van der Waals surface area contributed by atoms with E-state index in [2.05, 4.69) is 16.0 Å². The molecule has 0 fully saturated rings. The van der Waals surface area contributed by atoms with Crippen molar-refractivity contribution in [1.29, 1.82) is 0 Å². The molecule has 0 radical (unpaired) electrons. The Hall–Kier alpha value is -1.63. The summed E-state index contributed by atoms with van der Waals surface area (Å²) < 4.78 is 0. The van der Waals surface area contributed by atoms with Gasteiger partial charge in [-0.05, 0) is 38.8 Å². The van der Waals surface area contributed by atoms with E-state index in [-0.39, 0.29) is 24.7 Å². The topological polar surface area (TPSA) is 108 Å². The van der Waals surface area contributed by atoms with Crippen molar-refractivity contribution >= 4 is 17.8 Å². The lowest BCUT2D eigenvalue weighted by Gasteiger charge is -2.06. The molecular weight excluding hydrogens is 274 g/mol. The normalized spacial score (nSPS) is 10.1. The first-order valence-electron chi connectivity index (χ1n) is 7.46. The van der Waals surface area contributed by atoms with Crippen LogP contribution in [0, 0.1) is 0 Å². The number of carboxylic acid groups (broad SMARTS) is 1. The Kier molecular flexibility index (Phi) is 12.3. The first-order valence-corrected chi connectivity index (χ1v) is 7.46. The van der Waals surface area contributed by atoms with E-state index in [4.69, 9.17) is 5.11 Å². The van der Waals surface area contributed by atoms with Gasteiger partial charge in [0.25, 0.3) is 0 Å². The molecule has 21 heavy (non-hydrogen) atoms. The van der Waals surface area contributed by atoms with Crippen LogP contribution in [-0.2, 0) is 14.4 Å². The lowest BCUT2D eigenvalue weighted by Crippen LogP contribution is -2.27. The molecule has 0 saturated carbocycles. The summed E-state index contributed by atoms with van der Waals surface area (Å²) in [5.41, 5.74) is 0. The van der Waals surface area contributed by atoms with Crippen LogP contribution in [0.3, 0.4) is 0 Å². The number of amides is 2. The zero-order chi connectivity index (χ0) is 15.9. The Morgan fingerprint density at radius 2 is 1.43 bits per heavy atom. The standard InChI is InChI=1S/C14H27N3O4/c1-12(18)16-10-3-2-8-15-9-5-11-17-13(19)6-4-7-14(20)21/h15H,2-11H2,1H3,(H,16,18)(H,17,19)(H,20,21). The van der Waals surface area contributed by atoms with E-state index in [1.54, 1.807) is 0 Å². The molecule has 4 N–H and O–H groups in total. The Balaban J connectivity index is 3.19. The molecule has 0 aromatic heterocycles. The molecule has 0 aromatic rings. The molecule has 7 heteroatoms. The molecule has 2 amide bonds. The molecule has 0 spiro atoms. The average Bonchev–Trinajstić information content (AvgIpc) is 2.40. The van der Waals surface area contributed by atoms with Crippen LogP contribution in [0.25, 0.3) is 0 Å². The van der Waals surface area contributed by atoms with Crippen molar-refractivity contribution < 1.29 is 19.5 Å². The third-order valence-electron chi connectivity index (χ3n) is 2.80. The minimum atomic E-state index is -0.870. The first kappa shape index (κ1) is 19.4. The summed E-state index contributed by atoms with van der Waals surface area (Å²) in [7, 11) is 0. The molecule has 0 aliphatic rings. The third-order valence-corrected chi connectivity index (χ3v) is 2.80. The van der Waals surface area contributed by atoms with Crippen molar-refractivity contribution in [2.24, 2.45) is 0 Å². The van der Waals surface area contributed by atoms with Gasteiger partial charge in [-0.25, -0.2) is 0 Å². The van der Waals surface area contributed by atoms with Gasteiger partial charge in [-0.15, -0.1) is 0 Å². The zero-order valence-electron chi connectivity index (χ0n) is 12.7. The number of unbranched alkanes of at least 4 members (excludes halogenated alkanes) is 1. The van der Waals surface area contributed by atoms with E-state index in [1.807, 2.05) is 0 Å². The fraction of sp³-hybridized carbons (Fsp3) is 0.786. The molecule has 0 heterocycles. The summed E-state index contributed by atoms with van der Waals surface area (Å²) in [4.78, 5) is 32.2. The van der Waals surface area contributed by atoms with Crippen molar-refractivity contribution in [2.75, 3.05) is 26.2 Å². The van der Waals surface area contributed by atoms with Crippen molar-refractivity contribution in [2.45, 2.75) is 45.4 Å². The van der Waals surface area contributed by atoms with Gasteiger partial charge in [-0.1, -0.05) is 0 Å². The molecule has 0 atom stereocenters. The number of hydrogen-bond acceptors (Lipinski definition) is 4. The van der Waals surface area contributed by atoms with E-state index >= 15 is 0 Å². The Morgan fingerprint density at radius 1 is 0.810 bits per heavy atom. The molecule has 0 rings (SSSR count). The van der Waals surface area contributed by atoms with Gasteiger partial charge in [0.2, 0.25) is 11.8 Å². The molecule has 0 bridgehead atoms. The molecule has 0 aliphatic heterocycles. The van der Waals surface area contributed by atoms with Gasteiger partial charge in [0, 0.05) is 32.9 Å². The molecule has 0 aliphatic carbocycles. The minimum absolute atomic E-state index is 0.00190. The summed E-state index contributed by atoms with van der Waals surface area (Å²) in [6.07, 6.45) is 3.48. The van der Waals surface area contributed by atoms with Gasteiger partial charge in [0.1, 0.15) is 0 Å². The van der Waals surface area contributed by atoms with E-state index in [0.29, 0.717) is 19.5 Å². The van der Waals surface area contributed by atoms with E-state index in [0.717, 1.165) is 32.4 Å². The van der Waals surface area contributed by atoms with Crippen molar-refractivity contribution in [1.82, 2.24) is 16.0 Å². The summed E-state index contributed by atoms with van der Waals surface area (Å²) in [6.45, 7) is 4.55. The van der Waals surface area contributed by atoms with Gasteiger partial charge < -0.3 is 21.1 Å². The number of carbonyl (C=O) groups is 3. The molecule has 7 nitrogen and oxygen atoms in total. The van der Waals surface area contributed by atoms with Crippen LogP contribution in [0.1, 0.15) is 45.4 Å². The maximum atomic E-state index is 11.3. The van der Waals surface area contributed by atoms with Gasteiger partial charge in [-0.3, -0.25) is 14.4 Å². The summed E-state index contributed by atoms with van der Waals surface area (Å²) >= 11 is 0. The smallest absolute Gasteiger partial charge is 0.303 e. The predicted molar refractivity (Wildman–Crippen MR) is 79.9 cm³/mol. The number of hydrogen-bond donors (Lipinski definition) is 4. The maximum absolute atomic E-state index is 11.3. The van der Waals surface area contributed by atoms with Crippen molar-refractivity contribution in [3.63, 3.8) is 0 Å². The highest BCUT2D eigenvalue weighted by atomic mass is 16.4. The van der Waals surface area contributed by atoms with E-state index in [9.17, 15) is 14.4 Å². The van der Waals surface area contributed by atoms with Gasteiger partial charge in [0.15, 0.2) is 0 Å². The molecule has 0 aromatic carbocycles. The SMILES string of the molecule is CC(=O)NCCCCNCCCNC(=O)CCCC(=O)O. The largest absolute Gasteiger partial charge is 0.481 e. The van der Waals surface area contributed by atoms with Gasteiger partial charge in [0.05, 0.1) is 0 Å². The predicted octanol–water partition coefficient (Wildman–Crippen LogP) is 0.254. The maximum Gasteiger partial charge on any atom is 0.303 e. The van der Waals surface area contributed by atoms with Gasteiger partial charge in [-0.2, -0.15) is 0 Å². The second kappa shape index (κ2) is 13.4. The fourth-order valence-corrected chi connectivity index (χ4v) is 1.69. The quantitative estimate of drug-likeness (QED) is 0.365. The van der Waals surface area contributed by atoms with E-state index < -0.39 is 5.97 Å². The Bertz CT molecular complexity index is 321. The summed E-state index contributed by atoms with van der Waals surface area (Å²) in [5.74, 6) is -0.959. The Labute approximate surface area is 125 Å². The van der Waals surface area contributed by atoms with Crippen molar-refractivity contribution in [3.05, 3.63) is 0 Å². The first-order chi connectivity index (χ1) is 10.0. The molecule has 0 unspecified atom stereocenters. The second-order valence-corrected chi connectivity index (χ2v) is 4.89. The number of rotatable bonds is 13. The molecular formula is C14H27N3O4. The van der Waals surface area contributed by atoms with Crippen LogP contribution < -0.4 is 16.0 Å². The average molecular weight is 301 g/mol. The second-order valence-electron chi connectivity index (χ2n) is 4.89. The zero-order valence-corrected chi connectivity index (χ0v) is 12.7. The minimum Gasteiger partial charge on any atom is -0.481 e. The van der Waals surface area contributed by atoms with Crippen LogP contribution in [0.2, 0.25) is 0 Å². The monoisotopic (exact) mass is 301 g/mol. The third kappa shape index (κ3) is 16.3. The fourth-order valence-electron chi connectivity index (χ4n) is 1.69. The number of aliphatic carboxylic acids is 1. The Morgan fingerprint density at radius 3 is 2.10 bits per heavy atom. The lowest BCUT2D eigenvalue weighted by molar-refractivity contribution is -0.137. The van der Waals surface area contributed by atoms with Crippen LogP contribution in [0.15, 0.2) is 0 Å². The van der Waals surface area contributed by atoms with E-state index in [1.165, 1.54) is 6.92 Å². The lowest BCUT2D eigenvalue weighted by atomic mass is 10.2. The molecule has 0 saturated heterocycles. The highest BCUT2D eigenvalue weighted by Gasteiger charge is 2.02. The van der Waals surface area contributed by atoms with Crippen LogP contribution in [0.5, 0.6) is 0 Å². The highest BCUT2D eigenvalue weighted by Crippen LogP contribution is 1.94. The van der Waals surface area contributed by atoms with Crippen LogP contribution >= 0.6 is 0 Å². The number of carbonyl (C=O) groups excluding carboxylic acids is 2. The highest BCUT2D eigenvalue weighted by molar-refractivity contribution is 5.76. The number of nitrogens with one attached hydrogen (secondary N) is 3. The number of carboxylic acids is 1. The van der Waals surface area contributed by atoms with Crippen molar-refractivity contribution in [3.8, 4) is 0 Å². The molecule has 122 valence electrons.